The van der Waals surface area contributed by atoms with Crippen molar-refractivity contribution in [2.24, 2.45) is 11.1 Å². The lowest BCUT2D eigenvalue weighted by Gasteiger charge is -2.35. The molecule has 1 aliphatic rings. The van der Waals surface area contributed by atoms with Crippen molar-refractivity contribution in [1.82, 2.24) is 0 Å². The molecule has 0 saturated heterocycles. The molecule has 0 bridgehead atoms. The molecule has 2 N–H and O–H groups in total. The van der Waals surface area contributed by atoms with Gasteiger partial charge >= 0.3 is 0 Å². The molecule has 1 aromatic rings. The molecule has 0 fully saturated rings. The first-order chi connectivity index (χ1) is 8.38. The fraction of sp³-hybridized carbons (Fsp3) is 0.647. The fourth-order valence-electron chi connectivity index (χ4n) is 3.01. The zero-order chi connectivity index (χ0) is 13.2. The third kappa shape index (κ3) is 3.58. The van der Waals surface area contributed by atoms with E-state index in [2.05, 4.69) is 45.0 Å². The third-order valence-corrected chi connectivity index (χ3v) is 4.15. The molecule has 0 aliphatic heterocycles. The molecule has 1 aromatic carbocycles. The summed E-state index contributed by atoms with van der Waals surface area (Å²) < 4.78 is 0. The van der Waals surface area contributed by atoms with Crippen molar-refractivity contribution in [2.75, 3.05) is 0 Å². The smallest absolute Gasteiger partial charge is 0.0198 e. The van der Waals surface area contributed by atoms with Gasteiger partial charge in [-0.3, -0.25) is 0 Å². The lowest BCUT2D eigenvalue weighted by molar-refractivity contribution is 0.293. The quantitative estimate of drug-likeness (QED) is 0.853. The molecule has 1 unspecified atom stereocenters. The van der Waals surface area contributed by atoms with E-state index in [-0.39, 0.29) is 5.54 Å². The van der Waals surface area contributed by atoms with Crippen LogP contribution in [-0.4, -0.2) is 5.54 Å². The first-order valence-electron chi connectivity index (χ1n) is 7.24. The van der Waals surface area contributed by atoms with Crippen LogP contribution in [-0.2, 0) is 12.8 Å². The van der Waals surface area contributed by atoms with Crippen LogP contribution in [0.4, 0.5) is 0 Å². The van der Waals surface area contributed by atoms with Crippen LogP contribution >= 0.6 is 0 Å². The summed E-state index contributed by atoms with van der Waals surface area (Å²) in [6, 6.07) is 8.78. The van der Waals surface area contributed by atoms with Crippen LogP contribution in [0.3, 0.4) is 0 Å². The second kappa shape index (κ2) is 5.05. The summed E-state index contributed by atoms with van der Waals surface area (Å²) in [4.78, 5) is 0. The van der Waals surface area contributed by atoms with E-state index >= 15 is 0 Å². The normalized spacial score (nSPS) is 23.8. The molecular formula is C17H27N. The van der Waals surface area contributed by atoms with Gasteiger partial charge in [0.15, 0.2) is 0 Å². The van der Waals surface area contributed by atoms with Crippen LogP contribution in [0.5, 0.6) is 0 Å². The Kier molecular flexibility index (Phi) is 3.82. The minimum Gasteiger partial charge on any atom is -0.325 e. The van der Waals surface area contributed by atoms with Crippen molar-refractivity contribution < 1.29 is 0 Å². The minimum absolute atomic E-state index is 0.0413. The van der Waals surface area contributed by atoms with Crippen molar-refractivity contribution >= 4 is 0 Å². The highest BCUT2D eigenvalue weighted by Gasteiger charge is 2.30. The van der Waals surface area contributed by atoms with Crippen molar-refractivity contribution in [3.05, 3.63) is 35.4 Å². The van der Waals surface area contributed by atoms with Crippen molar-refractivity contribution in [1.29, 1.82) is 0 Å². The zero-order valence-corrected chi connectivity index (χ0v) is 12.1. The van der Waals surface area contributed by atoms with Crippen molar-refractivity contribution in [2.45, 2.75) is 64.8 Å². The van der Waals surface area contributed by atoms with E-state index in [9.17, 15) is 0 Å². The van der Waals surface area contributed by atoms with E-state index in [0.717, 1.165) is 19.3 Å². The molecule has 0 heterocycles. The molecule has 0 radical (unpaired) electrons. The van der Waals surface area contributed by atoms with Crippen LogP contribution in [0.1, 0.15) is 57.6 Å². The number of rotatable bonds is 3. The lowest BCUT2D eigenvalue weighted by atomic mass is 9.75. The molecular weight excluding hydrogens is 218 g/mol. The molecule has 100 valence electrons. The molecule has 1 aliphatic carbocycles. The molecule has 1 nitrogen and oxygen atoms in total. The average molecular weight is 245 g/mol. The largest absolute Gasteiger partial charge is 0.325 e. The zero-order valence-electron chi connectivity index (χ0n) is 12.1. The number of benzene rings is 1. The highest BCUT2D eigenvalue weighted by Crippen LogP contribution is 2.32. The average Bonchev–Trinajstić information content (AvgIpc) is 2.27. The Hall–Kier alpha value is -0.820. The van der Waals surface area contributed by atoms with Gasteiger partial charge in [0.1, 0.15) is 0 Å². The van der Waals surface area contributed by atoms with E-state index in [4.69, 9.17) is 5.73 Å². The summed E-state index contributed by atoms with van der Waals surface area (Å²) in [7, 11) is 0. The molecule has 0 saturated carbocycles. The van der Waals surface area contributed by atoms with Gasteiger partial charge in [-0.15, -0.1) is 0 Å². The highest BCUT2D eigenvalue weighted by molar-refractivity contribution is 5.32. The summed E-state index contributed by atoms with van der Waals surface area (Å²) in [5.41, 5.74) is 10.1. The van der Waals surface area contributed by atoms with Crippen LogP contribution in [0.25, 0.3) is 0 Å². The maximum Gasteiger partial charge on any atom is 0.0198 e. The summed E-state index contributed by atoms with van der Waals surface area (Å²) in [5, 5.41) is 0. The van der Waals surface area contributed by atoms with Crippen LogP contribution < -0.4 is 5.73 Å². The van der Waals surface area contributed by atoms with E-state index in [1.807, 2.05) is 0 Å². The van der Waals surface area contributed by atoms with Crippen LogP contribution in [0.2, 0.25) is 0 Å². The number of hydrogen-bond acceptors (Lipinski definition) is 1. The van der Waals surface area contributed by atoms with Gasteiger partial charge in [0, 0.05) is 5.54 Å². The van der Waals surface area contributed by atoms with Crippen LogP contribution in [0, 0.1) is 5.41 Å². The predicted octanol–water partition coefficient (Wildman–Crippen LogP) is 4.09. The third-order valence-electron chi connectivity index (χ3n) is 4.15. The molecule has 0 amide bonds. The Morgan fingerprint density at radius 1 is 1.17 bits per heavy atom. The molecule has 1 atom stereocenters. The van der Waals surface area contributed by atoms with Gasteiger partial charge in [-0.05, 0) is 48.6 Å². The first-order valence-corrected chi connectivity index (χ1v) is 7.24. The SMILES string of the molecule is CC(C)(C)CCCC1(N)CCc2ccccc2C1. The molecule has 1 heteroatoms. The van der Waals surface area contributed by atoms with Gasteiger partial charge in [-0.25, -0.2) is 0 Å². The topological polar surface area (TPSA) is 26.0 Å². The Labute approximate surface area is 112 Å². The second-order valence-electron chi connectivity index (χ2n) is 7.22. The summed E-state index contributed by atoms with van der Waals surface area (Å²) >= 11 is 0. The first kappa shape index (κ1) is 13.6. The highest BCUT2D eigenvalue weighted by atomic mass is 14.7. The van der Waals surface area contributed by atoms with Gasteiger partial charge < -0.3 is 5.73 Å². The van der Waals surface area contributed by atoms with Crippen molar-refractivity contribution in [3.63, 3.8) is 0 Å². The molecule has 0 spiro atoms. The lowest BCUT2D eigenvalue weighted by Crippen LogP contribution is -2.45. The number of nitrogens with two attached hydrogens (primary N) is 1. The predicted molar refractivity (Wildman–Crippen MR) is 78.7 cm³/mol. The van der Waals surface area contributed by atoms with Gasteiger partial charge in [-0.1, -0.05) is 51.5 Å². The van der Waals surface area contributed by atoms with Gasteiger partial charge in [-0.2, -0.15) is 0 Å². The second-order valence-corrected chi connectivity index (χ2v) is 7.22. The fourth-order valence-corrected chi connectivity index (χ4v) is 3.01. The van der Waals surface area contributed by atoms with Gasteiger partial charge in [0.05, 0.1) is 0 Å². The van der Waals surface area contributed by atoms with E-state index < -0.39 is 0 Å². The monoisotopic (exact) mass is 245 g/mol. The Morgan fingerprint density at radius 2 is 1.83 bits per heavy atom. The van der Waals surface area contributed by atoms with E-state index in [1.54, 1.807) is 0 Å². The summed E-state index contributed by atoms with van der Waals surface area (Å²) in [6.45, 7) is 6.94. The van der Waals surface area contributed by atoms with Crippen molar-refractivity contribution in [3.8, 4) is 0 Å². The summed E-state index contributed by atoms with van der Waals surface area (Å²) in [6.07, 6.45) is 7.05. The van der Waals surface area contributed by atoms with E-state index in [1.165, 1.54) is 30.4 Å². The Bertz CT molecular complexity index is 402. The Morgan fingerprint density at radius 3 is 2.50 bits per heavy atom. The molecule has 2 rings (SSSR count). The standard InChI is InChI=1S/C17H27N/c1-16(2,3)10-6-11-17(18)12-9-14-7-4-5-8-15(14)13-17/h4-5,7-8H,6,9-13,18H2,1-3H3. The van der Waals surface area contributed by atoms with E-state index in [0.29, 0.717) is 5.41 Å². The number of aryl methyl sites for hydroxylation is 1. The minimum atomic E-state index is 0.0413. The number of fused-ring (bicyclic) bond motifs is 1. The molecule has 0 aromatic heterocycles. The van der Waals surface area contributed by atoms with Crippen LogP contribution in [0.15, 0.2) is 24.3 Å². The maximum absolute atomic E-state index is 6.60. The summed E-state index contributed by atoms with van der Waals surface area (Å²) in [5.74, 6) is 0. The van der Waals surface area contributed by atoms with Gasteiger partial charge in [0.2, 0.25) is 0 Å². The Balaban J connectivity index is 1.94. The maximum atomic E-state index is 6.60. The number of hydrogen-bond donors (Lipinski definition) is 1. The van der Waals surface area contributed by atoms with Gasteiger partial charge in [0.25, 0.3) is 0 Å². The molecule has 18 heavy (non-hydrogen) atoms.